The molecule has 0 fully saturated rings. The zero-order valence-electron chi connectivity index (χ0n) is 15.1. The summed E-state index contributed by atoms with van der Waals surface area (Å²) in [6.07, 6.45) is 0. The number of pyridine rings is 1. The number of anilines is 1. The topological polar surface area (TPSA) is 135 Å². The average Bonchev–Trinajstić information content (AvgIpc) is 2.68. The Kier molecular flexibility index (Phi) is 5.14. The predicted octanol–water partition coefficient (Wildman–Crippen LogP) is 2.75. The highest BCUT2D eigenvalue weighted by molar-refractivity contribution is 5.84. The van der Waals surface area contributed by atoms with E-state index in [9.17, 15) is 15.2 Å². The van der Waals surface area contributed by atoms with Crippen LogP contribution in [0.5, 0.6) is 11.5 Å². The SMILES string of the molecule is Cc1c(-c2ccc(O)cc2)nc(N)c(C#N)c1-c1ccc(OCC(N)=O)cc1. The van der Waals surface area contributed by atoms with Crippen molar-refractivity contribution in [1.29, 1.82) is 5.26 Å². The molecule has 0 saturated carbocycles. The molecule has 1 amide bonds. The van der Waals surface area contributed by atoms with Crippen LogP contribution in [0.2, 0.25) is 0 Å². The van der Waals surface area contributed by atoms with E-state index in [2.05, 4.69) is 11.1 Å². The molecule has 0 atom stereocenters. The van der Waals surface area contributed by atoms with Gasteiger partial charge in [0.2, 0.25) is 0 Å². The number of benzene rings is 2. The smallest absolute Gasteiger partial charge is 0.255 e. The summed E-state index contributed by atoms with van der Waals surface area (Å²) in [5.74, 6) is 0.196. The van der Waals surface area contributed by atoms with E-state index in [1.54, 1.807) is 48.5 Å². The molecule has 0 saturated heterocycles. The van der Waals surface area contributed by atoms with Crippen LogP contribution >= 0.6 is 0 Å². The highest BCUT2D eigenvalue weighted by Gasteiger charge is 2.18. The van der Waals surface area contributed by atoms with Crippen molar-refractivity contribution < 1.29 is 14.6 Å². The summed E-state index contributed by atoms with van der Waals surface area (Å²) in [5.41, 5.74) is 15.0. The van der Waals surface area contributed by atoms with E-state index in [0.29, 0.717) is 17.0 Å². The fourth-order valence-electron chi connectivity index (χ4n) is 2.94. The van der Waals surface area contributed by atoms with Gasteiger partial charge in [-0.3, -0.25) is 4.79 Å². The number of phenolic OH excluding ortho intramolecular Hbond substituents is 1. The fraction of sp³-hybridized carbons (Fsp3) is 0.0952. The van der Waals surface area contributed by atoms with E-state index in [1.165, 1.54) is 0 Å². The quantitative estimate of drug-likeness (QED) is 0.628. The minimum absolute atomic E-state index is 0.125. The van der Waals surface area contributed by atoms with Crippen LogP contribution in [0.25, 0.3) is 22.4 Å². The second kappa shape index (κ2) is 7.68. The van der Waals surface area contributed by atoms with Crippen LogP contribution in [-0.4, -0.2) is 22.6 Å². The third kappa shape index (κ3) is 3.71. The number of primary amides is 1. The molecule has 0 bridgehead atoms. The first-order chi connectivity index (χ1) is 13.4. The molecule has 0 radical (unpaired) electrons. The number of carbonyl (C=O) groups is 1. The molecule has 0 unspecified atom stereocenters. The summed E-state index contributed by atoms with van der Waals surface area (Å²) in [4.78, 5) is 15.2. The van der Waals surface area contributed by atoms with Crippen molar-refractivity contribution in [2.75, 3.05) is 12.3 Å². The van der Waals surface area contributed by atoms with Crippen molar-refractivity contribution in [3.8, 4) is 40.0 Å². The Hall–Kier alpha value is -4.05. The van der Waals surface area contributed by atoms with Gasteiger partial charge in [-0.05, 0) is 54.4 Å². The lowest BCUT2D eigenvalue weighted by Gasteiger charge is -2.15. The number of amides is 1. The predicted molar refractivity (Wildman–Crippen MR) is 105 cm³/mol. The molecular weight excluding hydrogens is 356 g/mol. The second-order valence-corrected chi connectivity index (χ2v) is 6.16. The van der Waals surface area contributed by atoms with Crippen molar-refractivity contribution in [3.05, 3.63) is 59.7 Å². The monoisotopic (exact) mass is 374 g/mol. The van der Waals surface area contributed by atoms with Gasteiger partial charge in [0, 0.05) is 11.1 Å². The number of hydrogen-bond donors (Lipinski definition) is 3. The molecule has 0 aliphatic rings. The Labute approximate surface area is 161 Å². The first kappa shape index (κ1) is 18.7. The number of nitriles is 1. The van der Waals surface area contributed by atoms with Gasteiger partial charge in [0.1, 0.15) is 28.9 Å². The molecule has 0 spiro atoms. The highest BCUT2D eigenvalue weighted by Crippen LogP contribution is 2.36. The molecule has 28 heavy (non-hydrogen) atoms. The maximum atomic E-state index is 10.8. The molecule has 7 nitrogen and oxygen atoms in total. The number of hydrogen-bond acceptors (Lipinski definition) is 6. The van der Waals surface area contributed by atoms with E-state index in [4.69, 9.17) is 16.2 Å². The zero-order valence-corrected chi connectivity index (χ0v) is 15.1. The Morgan fingerprint density at radius 2 is 1.75 bits per heavy atom. The number of rotatable bonds is 5. The van der Waals surface area contributed by atoms with Gasteiger partial charge >= 0.3 is 0 Å². The summed E-state index contributed by atoms with van der Waals surface area (Å²) in [7, 11) is 0. The van der Waals surface area contributed by atoms with Gasteiger partial charge in [-0.25, -0.2) is 4.98 Å². The standard InChI is InChI=1S/C21H18N4O3/c1-12-19(13-4-8-16(9-5-13)28-11-18(23)27)17(10-22)21(24)25-20(12)14-2-6-15(26)7-3-14/h2-9,26H,11H2,1H3,(H2,23,27)(H2,24,25). The molecule has 0 aliphatic heterocycles. The van der Waals surface area contributed by atoms with Gasteiger partial charge in [0.05, 0.1) is 5.69 Å². The van der Waals surface area contributed by atoms with Crippen molar-refractivity contribution in [3.63, 3.8) is 0 Å². The molecule has 7 heteroatoms. The van der Waals surface area contributed by atoms with Crippen LogP contribution in [-0.2, 0) is 4.79 Å². The van der Waals surface area contributed by atoms with Crippen LogP contribution in [0.15, 0.2) is 48.5 Å². The van der Waals surface area contributed by atoms with Gasteiger partial charge in [-0.1, -0.05) is 12.1 Å². The van der Waals surface area contributed by atoms with E-state index >= 15 is 0 Å². The van der Waals surface area contributed by atoms with E-state index in [-0.39, 0.29) is 23.7 Å². The number of ether oxygens (including phenoxy) is 1. The normalized spacial score (nSPS) is 10.3. The second-order valence-electron chi connectivity index (χ2n) is 6.16. The molecule has 140 valence electrons. The lowest BCUT2D eigenvalue weighted by Crippen LogP contribution is -2.19. The Morgan fingerprint density at radius 1 is 1.14 bits per heavy atom. The van der Waals surface area contributed by atoms with Crippen molar-refractivity contribution in [2.45, 2.75) is 6.92 Å². The van der Waals surface area contributed by atoms with Crippen LogP contribution in [0, 0.1) is 18.3 Å². The first-order valence-corrected chi connectivity index (χ1v) is 8.41. The third-order valence-electron chi connectivity index (χ3n) is 4.25. The van der Waals surface area contributed by atoms with E-state index < -0.39 is 5.91 Å². The Balaban J connectivity index is 2.10. The van der Waals surface area contributed by atoms with E-state index in [1.807, 2.05) is 6.92 Å². The zero-order chi connectivity index (χ0) is 20.3. The number of aromatic nitrogens is 1. The van der Waals surface area contributed by atoms with Crippen molar-refractivity contribution in [2.24, 2.45) is 5.73 Å². The number of carbonyl (C=O) groups excluding carboxylic acids is 1. The minimum atomic E-state index is -0.563. The summed E-state index contributed by atoms with van der Waals surface area (Å²) in [5, 5.41) is 19.1. The van der Waals surface area contributed by atoms with Crippen LogP contribution in [0.3, 0.4) is 0 Å². The number of aromatic hydroxyl groups is 1. The minimum Gasteiger partial charge on any atom is -0.508 e. The maximum absolute atomic E-state index is 10.8. The van der Waals surface area contributed by atoms with Gasteiger partial charge < -0.3 is 21.3 Å². The van der Waals surface area contributed by atoms with Gasteiger partial charge in [0.25, 0.3) is 5.91 Å². The van der Waals surface area contributed by atoms with Crippen LogP contribution in [0.4, 0.5) is 5.82 Å². The molecule has 5 N–H and O–H groups in total. The molecular formula is C21H18N4O3. The van der Waals surface area contributed by atoms with E-state index in [0.717, 1.165) is 16.7 Å². The summed E-state index contributed by atoms with van der Waals surface area (Å²) in [6, 6.07) is 15.7. The Bertz CT molecular complexity index is 1070. The molecule has 3 aromatic rings. The lowest BCUT2D eigenvalue weighted by atomic mass is 9.93. The average molecular weight is 374 g/mol. The first-order valence-electron chi connectivity index (χ1n) is 8.41. The molecule has 2 aromatic carbocycles. The maximum Gasteiger partial charge on any atom is 0.255 e. The van der Waals surface area contributed by atoms with Gasteiger partial charge in [-0.15, -0.1) is 0 Å². The summed E-state index contributed by atoms with van der Waals surface area (Å²) >= 11 is 0. The lowest BCUT2D eigenvalue weighted by molar-refractivity contribution is -0.119. The fourth-order valence-corrected chi connectivity index (χ4v) is 2.94. The third-order valence-corrected chi connectivity index (χ3v) is 4.25. The number of nitrogen functional groups attached to an aromatic ring is 1. The number of phenols is 1. The summed E-state index contributed by atoms with van der Waals surface area (Å²) < 4.78 is 5.27. The highest BCUT2D eigenvalue weighted by atomic mass is 16.5. The van der Waals surface area contributed by atoms with Gasteiger partial charge in [0.15, 0.2) is 6.61 Å². The number of nitrogens with two attached hydrogens (primary N) is 2. The largest absolute Gasteiger partial charge is 0.508 e. The van der Waals surface area contributed by atoms with Crippen LogP contribution in [0.1, 0.15) is 11.1 Å². The molecule has 1 aromatic heterocycles. The van der Waals surface area contributed by atoms with Crippen molar-refractivity contribution in [1.82, 2.24) is 4.98 Å². The molecule has 0 aliphatic carbocycles. The van der Waals surface area contributed by atoms with Crippen LogP contribution < -0.4 is 16.2 Å². The number of nitrogens with zero attached hydrogens (tertiary/aromatic N) is 2. The Morgan fingerprint density at radius 3 is 2.32 bits per heavy atom. The molecule has 1 heterocycles. The van der Waals surface area contributed by atoms with Crippen molar-refractivity contribution >= 4 is 11.7 Å². The van der Waals surface area contributed by atoms with Gasteiger partial charge in [-0.2, -0.15) is 5.26 Å². The summed E-state index contributed by atoms with van der Waals surface area (Å²) in [6.45, 7) is 1.65. The molecule has 3 rings (SSSR count).